The number of halogens is 1. The average molecular weight is 449 g/mol. The highest BCUT2D eigenvalue weighted by atomic mass is 32.2. The van der Waals surface area contributed by atoms with Gasteiger partial charge in [0, 0.05) is 11.4 Å². The van der Waals surface area contributed by atoms with Crippen LogP contribution in [0.2, 0.25) is 0 Å². The lowest BCUT2D eigenvalue weighted by Gasteiger charge is -2.11. The number of hydrogen-bond acceptors (Lipinski definition) is 5. The van der Waals surface area contributed by atoms with Gasteiger partial charge in [-0.25, -0.2) is 4.39 Å². The van der Waals surface area contributed by atoms with E-state index in [0.29, 0.717) is 23.3 Å². The van der Waals surface area contributed by atoms with Crippen molar-refractivity contribution in [2.45, 2.75) is 17.5 Å². The van der Waals surface area contributed by atoms with Crippen LogP contribution in [0, 0.1) is 5.82 Å². The Morgan fingerprint density at radius 2 is 1.74 bits per heavy atom. The Morgan fingerprint density at radius 3 is 2.58 bits per heavy atom. The van der Waals surface area contributed by atoms with Crippen molar-refractivity contribution in [2.24, 2.45) is 0 Å². The molecule has 0 aliphatic carbocycles. The number of nitrogens with zero attached hydrogens (tertiary/aromatic N) is 4. The SMILES string of the molecule is O=c1sc2ccccc2n1Cc1nnc(SCc2cccc(F)c2)n1-c1ccccc1. The maximum atomic E-state index is 13.5. The Bertz CT molecular complexity index is 1410. The van der Waals surface area contributed by atoms with Crippen LogP contribution in [-0.4, -0.2) is 19.3 Å². The van der Waals surface area contributed by atoms with E-state index in [4.69, 9.17) is 0 Å². The largest absolute Gasteiger partial charge is 0.308 e. The number of benzene rings is 3. The average Bonchev–Trinajstić information content (AvgIpc) is 3.34. The monoisotopic (exact) mass is 448 g/mol. The third-order valence-electron chi connectivity index (χ3n) is 4.84. The molecular formula is C23H17FN4OS2. The van der Waals surface area contributed by atoms with Crippen LogP contribution < -0.4 is 4.87 Å². The summed E-state index contributed by atoms with van der Waals surface area (Å²) in [6.45, 7) is 0.311. The summed E-state index contributed by atoms with van der Waals surface area (Å²) < 4.78 is 18.2. The van der Waals surface area contributed by atoms with Crippen molar-refractivity contribution in [1.29, 1.82) is 0 Å². The molecule has 0 unspecified atom stereocenters. The van der Waals surface area contributed by atoms with Gasteiger partial charge in [-0.15, -0.1) is 10.2 Å². The highest BCUT2D eigenvalue weighted by Crippen LogP contribution is 2.26. The molecule has 0 atom stereocenters. The van der Waals surface area contributed by atoms with Gasteiger partial charge in [0.25, 0.3) is 0 Å². The molecule has 0 saturated heterocycles. The van der Waals surface area contributed by atoms with Crippen LogP contribution in [0.5, 0.6) is 0 Å². The van der Waals surface area contributed by atoms with Crippen LogP contribution in [-0.2, 0) is 12.3 Å². The first-order valence-electron chi connectivity index (χ1n) is 9.64. The molecule has 5 aromatic rings. The van der Waals surface area contributed by atoms with E-state index in [2.05, 4.69) is 10.2 Å². The lowest BCUT2D eigenvalue weighted by Crippen LogP contribution is -2.16. The predicted octanol–water partition coefficient (Wildman–Crippen LogP) is 5.12. The lowest BCUT2D eigenvalue weighted by molar-refractivity contribution is 0.626. The topological polar surface area (TPSA) is 52.7 Å². The number of hydrogen-bond donors (Lipinski definition) is 0. The first-order valence-corrected chi connectivity index (χ1v) is 11.4. The second kappa shape index (κ2) is 8.49. The molecule has 5 nitrogen and oxygen atoms in total. The van der Waals surface area contributed by atoms with Gasteiger partial charge in [0.15, 0.2) is 11.0 Å². The fourth-order valence-corrected chi connectivity index (χ4v) is 5.22. The second-order valence-electron chi connectivity index (χ2n) is 6.91. The highest BCUT2D eigenvalue weighted by Gasteiger charge is 2.17. The van der Waals surface area contributed by atoms with Crippen LogP contribution in [0.4, 0.5) is 4.39 Å². The fraction of sp³-hybridized carbons (Fsp3) is 0.0870. The van der Waals surface area contributed by atoms with Gasteiger partial charge in [0.2, 0.25) is 0 Å². The molecule has 8 heteroatoms. The number of thiazole rings is 1. The molecular weight excluding hydrogens is 431 g/mol. The third-order valence-corrected chi connectivity index (χ3v) is 6.81. The van der Waals surface area contributed by atoms with Crippen molar-refractivity contribution in [2.75, 3.05) is 0 Å². The Kier molecular flexibility index (Phi) is 5.40. The maximum absolute atomic E-state index is 13.5. The molecule has 0 saturated carbocycles. The summed E-state index contributed by atoms with van der Waals surface area (Å²) in [5, 5.41) is 9.49. The van der Waals surface area contributed by atoms with Gasteiger partial charge in [-0.1, -0.05) is 65.6 Å². The van der Waals surface area contributed by atoms with Crippen molar-refractivity contribution in [1.82, 2.24) is 19.3 Å². The molecule has 154 valence electrons. The number of rotatable bonds is 6. The van der Waals surface area contributed by atoms with E-state index in [1.54, 1.807) is 10.6 Å². The summed E-state index contributed by atoms with van der Waals surface area (Å²) in [5.74, 6) is 0.968. The van der Waals surface area contributed by atoms with Gasteiger partial charge in [-0.3, -0.25) is 13.9 Å². The van der Waals surface area contributed by atoms with Crippen LogP contribution in [0.25, 0.3) is 15.9 Å². The fourth-order valence-electron chi connectivity index (χ4n) is 3.41. The number of thioether (sulfide) groups is 1. The van der Waals surface area contributed by atoms with Gasteiger partial charge in [0.1, 0.15) is 5.82 Å². The minimum Gasteiger partial charge on any atom is -0.291 e. The zero-order chi connectivity index (χ0) is 21.2. The highest BCUT2D eigenvalue weighted by molar-refractivity contribution is 7.98. The van der Waals surface area contributed by atoms with E-state index in [9.17, 15) is 9.18 Å². The molecule has 0 spiro atoms. The Balaban J connectivity index is 1.53. The summed E-state index contributed by atoms with van der Waals surface area (Å²) in [7, 11) is 0. The normalized spacial score (nSPS) is 11.3. The summed E-state index contributed by atoms with van der Waals surface area (Å²) >= 11 is 2.71. The van der Waals surface area contributed by atoms with E-state index in [1.807, 2.05) is 65.2 Å². The quantitative estimate of drug-likeness (QED) is 0.338. The molecule has 0 N–H and O–H groups in total. The van der Waals surface area contributed by atoms with E-state index in [0.717, 1.165) is 21.5 Å². The number of aromatic nitrogens is 4. The molecule has 5 rings (SSSR count). The zero-order valence-corrected chi connectivity index (χ0v) is 17.9. The third kappa shape index (κ3) is 4.04. The van der Waals surface area contributed by atoms with Crippen molar-refractivity contribution in [3.63, 3.8) is 0 Å². The molecule has 0 aliphatic rings. The van der Waals surface area contributed by atoms with E-state index < -0.39 is 0 Å². The van der Waals surface area contributed by atoms with E-state index in [1.165, 1.54) is 35.2 Å². The second-order valence-corrected chi connectivity index (χ2v) is 8.85. The van der Waals surface area contributed by atoms with Crippen molar-refractivity contribution in [3.05, 3.63) is 106 Å². The molecule has 3 aromatic carbocycles. The Labute approximate surface area is 185 Å². The summed E-state index contributed by atoms with van der Waals surface area (Å²) in [6.07, 6.45) is 0. The van der Waals surface area contributed by atoms with Crippen LogP contribution in [0.15, 0.2) is 88.8 Å². The molecule has 0 radical (unpaired) electrons. The van der Waals surface area contributed by atoms with E-state index in [-0.39, 0.29) is 10.7 Å². The number of para-hydroxylation sites is 2. The van der Waals surface area contributed by atoms with Crippen LogP contribution in [0.1, 0.15) is 11.4 Å². The number of fused-ring (bicyclic) bond motifs is 1. The predicted molar refractivity (Wildman–Crippen MR) is 123 cm³/mol. The molecule has 0 amide bonds. The van der Waals surface area contributed by atoms with Gasteiger partial charge < -0.3 is 0 Å². The summed E-state index contributed by atoms with van der Waals surface area (Å²) in [5.41, 5.74) is 2.67. The Morgan fingerprint density at radius 1 is 0.935 bits per heavy atom. The smallest absolute Gasteiger partial charge is 0.291 e. The minimum absolute atomic E-state index is 0.0298. The van der Waals surface area contributed by atoms with Gasteiger partial charge in [-0.2, -0.15) is 0 Å². The zero-order valence-electron chi connectivity index (χ0n) is 16.3. The lowest BCUT2D eigenvalue weighted by atomic mass is 10.2. The first-order chi connectivity index (χ1) is 15.2. The molecule has 0 bridgehead atoms. The van der Waals surface area contributed by atoms with Crippen LogP contribution >= 0.6 is 23.1 Å². The summed E-state index contributed by atoms with van der Waals surface area (Å²) in [4.78, 5) is 12.6. The van der Waals surface area contributed by atoms with E-state index >= 15 is 0 Å². The molecule has 31 heavy (non-hydrogen) atoms. The Hall–Kier alpha value is -3.23. The molecule has 2 aromatic heterocycles. The maximum Gasteiger partial charge on any atom is 0.308 e. The van der Waals surface area contributed by atoms with Gasteiger partial charge in [0.05, 0.1) is 16.8 Å². The van der Waals surface area contributed by atoms with Gasteiger partial charge >= 0.3 is 4.87 Å². The summed E-state index contributed by atoms with van der Waals surface area (Å²) in [6, 6.07) is 24.1. The van der Waals surface area contributed by atoms with Crippen molar-refractivity contribution in [3.8, 4) is 5.69 Å². The molecule has 0 aliphatic heterocycles. The van der Waals surface area contributed by atoms with Crippen LogP contribution in [0.3, 0.4) is 0 Å². The standard InChI is InChI=1S/C23H17FN4OS2/c24-17-8-6-7-16(13-17)15-30-22-26-25-21(28(22)18-9-2-1-3-10-18)14-27-19-11-4-5-12-20(19)31-23(27)29/h1-13H,14-15H2. The first kappa shape index (κ1) is 19.7. The van der Waals surface area contributed by atoms with Crippen molar-refractivity contribution < 1.29 is 4.39 Å². The minimum atomic E-state index is -0.257. The van der Waals surface area contributed by atoms with Gasteiger partial charge in [-0.05, 0) is 42.0 Å². The molecule has 2 heterocycles. The van der Waals surface area contributed by atoms with Crippen molar-refractivity contribution >= 4 is 33.3 Å². The molecule has 0 fully saturated rings.